The predicted octanol–water partition coefficient (Wildman–Crippen LogP) is 0.337. The van der Waals surface area contributed by atoms with Gasteiger partial charge in [-0.25, -0.2) is 4.79 Å². The van der Waals surface area contributed by atoms with Crippen molar-refractivity contribution in [2.75, 3.05) is 20.8 Å². The number of amides is 1. The van der Waals surface area contributed by atoms with Crippen molar-refractivity contribution < 1.29 is 19.1 Å². The highest BCUT2D eigenvalue weighted by molar-refractivity contribution is 5.84. The molecule has 5 nitrogen and oxygen atoms in total. The Balaban J connectivity index is 4.24. The number of hydrogen-bond donors (Lipinski definition) is 1. The van der Waals surface area contributed by atoms with E-state index in [1.54, 1.807) is 0 Å². The van der Waals surface area contributed by atoms with Crippen LogP contribution in [-0.2, 0) is 19.1 Å². The fourth-order valence-corrected chi connectivity index (χ4v) is 1.19. The monoisotopic (exact) mass is 217 g/mol. The van der Waals surface area contributed by atoms with Crippen LogP contribution >= 0.6 is 0 Å². The first-order valence-electron chi connectivity index (χ1n) is 4.87. The Morgan fingerprint density at radius 2 is 1.87 bits per heavy atom. The summed E-state index contributed by atoms with van der Waals surface area (Å²) in [5.41, 5.74) is 0. The van der Waals surface area contributed by atoms with Crippen molar-refractivity contribution in [3.8, 4) is 0 Å². The molecule has 1 atom stereocenters. The number of nitrogens with one attached hydrogen (secondary N) is 1. The molecule has 0 aliphatic carbocycles. The summed E-state index contributed by atoms with van der Waals surface area (Å²) in [4.78, 5) is 22.5. The van der Waals surface area contributed by atoms with E-state index in [-0.39, 0.29) is 12.5 Å². The predicted molar refractivity (Wildman–Crippen MR) is 55.3 cm³/mol. The zero-order valence-corrected chi connectivity index (χ0v) is 9.70. The summed E-state index contributed by atoms with van der Waals surface area (Å²) in [7, 11) is 2.73. The largest absolute Gasteiger partial charge is 0.467 e. The minimum absolute atomic E-state index is 0.0500. The van der Waals surface area contributed by atoms with Gasteiger partial charge in [-0.2, -0.15) is 0 Å². The minimum atomic E-state index is -0.586. The molecule has 0 aliphatic rings. The molecule has 1 N–H and O–H groups in total. The molecule has 0 aliphatic heterocycles. The molecular formula is C10H19NO4. The van der Waals surface area contributed by atoms with E-state index in [1.165, 1.54) is 14.2 Å². The van der Waals surface area contributed by atoms with Gasteiger partial charge in [0.1, 0.15) is 12.6 Å². The van der Waals surface area contributed by atoms with Crippen molar-refractivity contribution in [2.24, 2.45) is 5.92 Å². The van der Waals surface area contributed by atoms with Crippen LogP contribution < -0.4 is 5.32 Å². The first-order valence-corrected chi connectivity index (χ1v) is 4.87. The van der Waals surface area contributed by atoms with Crippen LogP contribution in [-0.4, -0.2) is 38.7 Å². The molecule has 0 saturated carbocycles. The first kappa shape index (κ1) is 13.9. The molecule has 88 valence electrons. The maximum atomic E-state index is 11.3. The van der Waals surface area contributed by atoms with Crippen LogP contribution in [0.2, 0.25) is 0 Å². The number of hydrogen-bond acceptors (Lipinski definition) is 4. The average Bonchev–Trinajstić information content (AvgIpc) is 2.15. The molecular weight excluding hydrogens is 198 g/mol. The molecule has 0 spiro atoms. The molecule has 0 bridgehead atoms. The van der Waals surface area contributed by atoms with Gasteiger partial charge < -0.3 is 14.8 Å². The van der Waals surface area contributed by atoms with Crippen LogP contribution in [0.15, 0.2) is 0 Å². The summed E-state index contributed by atoms with van der Waals surface area (Å²) < 4.78 is 9.26. The molecule has 1 unspecified atom stereocenters. The lowest BCUT2D eigenvalue weighted by atomic mass is 10.0. The Hall–Kier alpha value is -1.10. The number of carbonyl (C=O) groups is 2. The zero-order valence-electron chi connectivity index (χ0n) is 9.70. The van der Waals surface area contributed by atoms with E-state index in [0.717, 1.165) is 0 Å². The van der Waals surface area contributed by atoms with E-state index < -0.39 is 12.0 Å². The quantitative estimate of drug-likeness (QED) is 0.651. The fraction of sp³-hybridized carbons (Fsp3) is 0.800. The van der Waals surface area contributed by atoms with Gasteiger partial charge in [0, 0.05) is 7.11 Å². The van der Waals surface area contributed by atoms with Gasteiger partial charge >= 0.3 is 5.97 Å². The highest BCUT2D eigenvalue weighted by Gasteiger charge is 2.22. The van der Waals surface area contributed by atoms with Crippen LogP contribution in [0.25, 0.3) is 0 Å². The van der Waals surface area contributed by atoms with Gasteiger partial charge in [-0.3, -0.25) is 4.79 Å². The summed E-state index contributed by atoms with van der Waals surface area (Å²) in [5.74, 6) is -0.432. The van der Waals surface area contributed by atoms with Crippen molar-refractivity contribution in [2.45, 2.75) is 26.3 Å². The van der Waals surface area contributed by atoms with Crippen LogP contribution in [0.4, 0.5) is 0 Å². The SMILES string of the molecule is COCC(=O)NC(CC(C)C)C(=O)OC. The molecule has 0 heterocycles. The second-order valence-electron chi connectivity index (χ2n) is 3.71. The normalized spacial score (nSPS) is 12.3. The summed E-state index contributed by atoms with van der Waals surface area (Å²) in [5, 5.41) is 2.56. The molecule has 0 radical (unpaired) electrons. The second kappa shape index (κ2) is 7.23. The molecule has 0 aromatic rings. The summed E-state index contributed by atoms with van der Waals surface area (Å²) in [6, 6.07) is -0.586. The van der Waals surface area contributed by atoms with Gasteiger partial charge in [-0.1, -0.05) is 13.8 Å². The highest BCUT2D eigenvalue weighted by atomic mass is 16.5. The number of carbonyl (C=O) groups excluding carboxylic acids is 2. The second-order valence-corrected chi connectivity index (χ2v) is 3.71. The molecule has 15 heavy (non-hydrogen) atoms. The lowest BCUT2D eigenvalue weighted by Gasteiger charge is -2.17. The van der Waals surface area contributed by atoms with Crippen molar-refractivity contribution in [3.05, 3.63) is 0 Å². The summed E-state index contributed by atoms with van der Waals surface area (Å²) >= 11 is 0. The Labute approximate surface area is 90.1 Å². The van der Waals surface area contributed by atoms with Crippen molar-refractivity contribution in [1.29, 1.82) is 0 Å². The van der Waals surface area contributed by atoms with E-state index in [0.29, 0.717) is 12.3 Å². The van der Waals surface area contributed by atoms with Crippen LogP contribution in [0.5, 0.6) is 0 Å². The standard InChI is InChI=1S/C10H19NO4/c1-7(2)5-8(10(13)15-4)11-9(12)6-14-3/h7-8H,5-6H2,1-4H3,(H,11,12). The fourth-order valence-electron chi connectivity index (χ4n) is 1.19. The highest BCUT2D eigenvalue weighted by Crippen LogP contribution is 2.05. The molecule has 0 aromatic heterocycles. The summed E-state index contributed by atoms with van der Waals surface area (Å²) in [6.07, 6.45) is 0.558. The van der Waals surface area contributed by atoms with Gasteiger partial charge in [-0.05, 0) is 12.3 Å². The van der Waals surface area contributed by atoms with E-state index in [2.05, 4.69) is 14.8 Å². The van der Waals surface area contributed by atoms with E-state index in [9.17, 15) is 9.59 Å². The maximum absolute atomic E-state index is 11.3. The maximum Gasteiger partial charge on any atom is 0.328 e. The van der Waals surface area contributed by atoms with Crippen molar-refractivity contribution in [1.82, 2.24) is 5.32 Å². The lowest BCUT2D eigenvalue weighted by Crippen LogP contribution is -2.43. The zero-order chi connectivity index (χ0) is 11.8. The van der Waals surface area contributed by atoms with E-state index in [1.807, 2.05) is 13.8 Å². The molecule has 0 rings (SSSR count). The van der Waals surface area contributed by atoms with Crippen LogP contribution in [0.1, 0.15) is 20.3 Å². The van der Waals surface area contributed by atoms with Gasteiger partial charge in [0.2, 0.25) is 5.91 Å². The van der Waals surface area contributed by atoms with Crippen LogP contribution in [0.3, 0.4) is 0 Å². The number of esters is 1. The van der Waals surface area contributed by atoms with E-state index in [4.69, 9.17) is 0 Å². The van der Waals surface area contributed by atoms with Gasteiger partial charge in [0.25, 0.3) is 0 Å². The smallest absolute Gasteiger partial charge is 0.328 e. The minimum Gasteiger partial charge on any atom is -0.467 e. The summed E-state index contributed by atoms with van der Waals surface area (Å²) in [6.45, 7) is 3.89. The Kier molecular flexibility index (Phi) is 6.70. The average molecular weight is 217 g/mol. The third-order valence-corrected chi connectivity index (χ3v) is 1.80. The lowest BCUT2D eigenvalue weighted by molar-refractivity contribution is -0.146. The van der Waals surface area contributed by atoms with Crippen molar-refractivity contribution >= 4 is 11.9 Å². The molecule has 0 fully saturated rings. The van der Waals surface area contributed by atoms with Crippen LogP contribution in [0, 0.1) is 5.92 Å². The molecule has 5 heteroatoms. The van der Waals surface area contributed by atoms with Gasteiger partial charge in [-0.15, -0.1) is 0 Å². The molecule has 1 amide bonds. The van der Waals surface area contributed by atoms with Gasteiger partial charge in [0.15, 0.2) is 0 Å². The molecule has 0 aromatic carbocycles. The molecule has 0 saturated heterocycles. The van der Waals surface area contributed by atoms with E-state index >= 15 is 0 Å². The third-order valence-electron chi connectivity index (χ3n) is 1.80. The number of methoxy groups -OCH3 is 2. The number of ether oxygens (including phenoxy) is 2. The first-order chi connectivity index (χ1) is 7.01. The Morgan fingerprint density at radius 1 is 1.27 bits per heavy atom. The van der Waals surface area contributed by atoms with Gasteiger partial charge in [0.05, 0.1) is 7.11 Å². The number of rotatable bonds is 6. The Bertz CT molecular complexity index is 215. The Morgan fingerprint density at radius 3 is 2.27 bits per heavy atom. The third kappa shape index (κ3) is 6.06. The topological polar surface area (TPSA) is 64.6 Å². The van der Waals surface area contributed by atoms with Crippen molar-refractivity contribution in [3.63, 3.8) is 0 Å².